The molecule has 6 heteroatoms. The van der Waals surface area contributed by atoms with Crippen LogP contribution in [0.4, 0.5) is 10.5 Å². The molecule has 0 unspecified atom stereocenters. The van der Waals surface area contributed by atoms with Crippen molar-refractivity contribution in [3.63, 3.8) is 0 Å². The highest BCUT2D eigenvalue weighted by molar-refractivity contribution is 5.98. The Morgan fingerprint density at radius 1 is 1.41 bits per heavy atom. The van der Waals surface area contributed by atoms with Crippen LogP contribution in [0.2, 0.25) is 0 Å². The first-order valence-corrected chi connectivity index (χ1v) is 5.34. The topological polar surface area (TPSA) is 82.5 Å². The van der Waals surface area contributed by atoms with Crippen LogP contribution in [0.5, 0.6) is 0 Å². The molecule has 0 bridgehead atoms. The fourth-order valence-electron chi connectivity index (χ4n) is 1.38. The van der Waals surface area contributed by atoms with Crippen molar-refractivity contribution in [2.45, 2.75) is 13.8 Å². The van der Waals surface area contributed by atoms with Gasteiger partial charge in [0.05, 0.1) is 5.69 Å². The summed E-state index contributed by atoms with van der Waals surface area (Å²) >= 11 is 0. The summed E-state index contributed by atoms with van der Waals surface area (Å²) in [6, 6.07) is 2.76. The molecule has 1 aromatic rings. The number of anilines is 1. The molecule has 0 aliphatic rings. The van der Waals surface area contributed by atoms with Crippen LogP contribution in [0.3, 0.4) is 0 Å². The monoisotopic (exact) mass is 237 g/mol. The zero-order valence-electron chi connectivity index (χ0n) is 9.80. The minimum absolute atomic E-state index is 0.159. The van der Waals surface area contributed by atoms with Gasteiger partial charge in [0.25, 0.3) is 0 Å². The number of carboxylic acids is 1. The highest BCUT2D eigenvalue weighted by Gasteiger charge is 2.15. The lowest BCUT2D eigenvalue weighted by molar-refractivity contribution is 0.0691. The first-order chi connectivity index (χ1) is 8.10. The van der Waals surface area contributed by atoms with E-state index in [2.05, 4.69) is 10.3 Å². The smallest absolute Gasteiger partial charge is 0.356 e. The van der Waals surface area contributed by atoms with Gasteiger partial charge in [-0.2, -0.15) is 0 Å². The number of pyridine rings is 1. The third-order valence-electron chi connectivity index (χ3n) is 2.30. The molecule has 0 saturated carbocycles. The van der Waals surface area contributed by atoms with Gasteiger partial charge in [0.15, 0.2) is 5.69 Å². The van der Waals surface area contributed by atoms with Crippen LogP contribution >= 0.6 is 0 Å². The van der Waals surface area contributed by atoms with Crippen molar-refractivity contribution in [2.24, 2.45) is 0 Å². The normalized spacial score (nSPS) is 9.76. The van der Waals surface area contributed by atoms with Crippen molar-refractivity contribution in [3.8, 4) is 0 Å². The highest BCUT2D eigenvalue weighted by atomic mass is 16.4. The van der Waals surface area contributed by atoms with Gasteiger partial charge in [0.1, 0.15) is 0 Å². The van der Waals surface area contributed by atoms with Gasteiger partial charge in [-0.25, -0.2) is 14.6 Å². The van der Waals surface area contributed by atoms with Gasteiger partial charge in [-0.1, -0.05) is 0 Å². The van der Waals surface area contributed by atoms with E-state index in [-0.39, 0.29) is 17.4 Å². The number of aromatic nitrogens is 1. The van der Waals surface area contributed by atoms with Crippen LogP contribution in [0.15, 0.2) is 18.3 Å². The number of aromatic carboxylic acids is 1. The summed E-state index contributed by atoms with van der Waals surface area (Å²) in [5.74, 6) is -1.17. The number of urea groups is 1. The summed E-state index contributed by atoms with van der Waals surface area (Å²) in [5.41, 5.74) is 0.0462. The summed E-state index contributed by atoms with van der Waals surface area (Å²) in [6.45, 7) is 4.82. The third kappa shape index (κ3) is 3.17. The number of carbonyl (C=O) groups is 2. The Hall–Kier alpha value is -2.11. The molecule has 0 saturated heterocycles. The van der Waals surface area contributed by atoms with E-state index in [1.54, 1.807) is 11.0 Å². The van der Waals surface area contributed by atoms with Gasteiger partial charge in [0.2, 0.25) is 0 Å². The third-order valence-corrected chi connectivity index (χ3v) is 2.30. The van der Waals surface area contributed by atoms with E-state index in [1.165, 1.54) is 12.3 Å². The lowest BCUT2D eigenvalue weighted by atomic mass is 10.3. The number of carboxylic acid groups (broad SMARTS) is 1. The summed E-state index contributed by atoms with van der Waals surface area (Å²) in [4.78, 5) is 27.9. The zero-order chi connectivity index (χ0) is 12.8. The minimum Gasteiger partial charge on any atom is -0.476 e. The van der Waals surface area contributed by atoms with E-state index in [0.29, 0.717) is 13.1 Å². The fraction of sp³-hybridized carbons (Fsp3) is 0.364. The molecule has 1 rings (SSSR count). The Morgan fingerprint density at radius 2 is 2.06 bits per heavy atom. The van der Waals surface area contributed by atoms with Gasteiger partial charge >= 0.3 is 12.0 Å². The molecule has 0 aliphatic carbocycles. The maximum atomic E-state index is 11.7. The average molecular weight is 237 g/mol. The van der Waals surface area contributed by atoms with E-state index in [4.69, 9.17) is 5.11 Å². The largest absolute Gasteiger partial charge is 0.476 e. The number of amides is 2. The molecule has 17 heavy (non-hydrogen) atoms. The van der Waals surface area contributed by atoms with Gasteiger partial charge in [-0.3, -0.25) is 0 Å². The summed E-state index contributed by atoms with van der Waals surface area (Å²) < 4.78 is 0. The molecule has 6 nitrogen and oxygen atoms in total. The lowest BCUT2D eigenvalue weighted by Gasteiger charge is -2.19. The zero-order valence-corrected chi connectivity index (χ0v) is 9.80. The van der Waals surface area contributed by atoms with E-state index >= 15 is 0 Å². The van der Waals surface area contributed by atoms with Crippen molar-refractivity contribution in [2.75, 3.05) is 18.4 Å². The fourth-order valence-corrected chi connectivity index (χ4v) is 1.38. The molecule has 0 aliphatic heterocycles. The lowest BCUT2D eigenvalue weighted by Crippen LogP contribution is -2.35. The predicted molar refractivity (Wildman–Crippen MR) is 63.1 cm³/mol. The summed E-state index contributed by atoms with van der Waals surface area (Å²) in [5, 5.41) is 11.4. The van der Waals surface area contributed by atoms with Gasteiger partial charge in [0, 0.05) is 19.3 Å². The van der Waals surface area contributed by atoms with E-state index in [9.17, 15) is 9.59 Å². The molecule has 0 atom stereocenters. The van der Waals surface area contributed by atoms with Crippen molar-refractivity contribution >= 4 is 17.7 Å². The number of nitrogens with one attached hydrogen (secondary N) is 1. The van der Waals surface area contributed by atoms with E-state index in [1.807, 2.05) is 13.8 Å². The van der Waals surface area contributed by atoms with Crippen LogP contribution in [-0.4, -0.2) is 40.1 Å². The SMILES string of the molecule is CCN(CC)C(=O)Nc1cccnc1C(=O)O. The standard InChI is InChI=1S/C11H15N3O3/c1-3-14(4-2)11(17)13-8-6-5-7-12-9(8)10(15)16/h5-7H,3-4H2,1-2H3,(H,13,17)(H,15,16). The number of rotatable bonds is 4. The Labute approximate surface area is 99.3 Å². The molecule has 0 aromatic carbocycles. The maximum Gasteiger partial charge on any atom is 0.356 e. The second-order valence-electron chi connectivity index (χ2n) is 3.31. The highest BCUT2D eigenvalue weighted by Crippen LogP contribution is 2.12. The molecular formula is C11H15N3O3. The number of hydrogen-bond acceptors (Lipinski definition) is 3. The molecule has 2 N–H and O–H groups in total. The molecule has 0 spiro atoms. The number of nitrogens with zero attached hydrogens (tertiary/aromatic N) is 2. The van der Waals surface area contributed by atoms with E-state index in [0.717, 1.165) is 0 Å². The predicted octanol–water partition coefficient (Wildman–Crippen LogP) is 1.65. The molecule has 2 amide bonds. The van der Waals surface area contributed by atoms with Crippen molar-refractivity contribution in [1.82, 2.24) is 9.88 Å². The Morgan fingerprint density at radius 3 is 2.59 bits per heavy atom. The quantitative estimate of drug-likeness (QED) is 0.834. The Balaban J connectivity index is 2.88. The molecule has 1 heterocycles. The van der Waals surface area contributed by atoms with Crippen LogP contribution < -0.4 is 5.32 Å². The molecule has 92 valence electrons. The van der Waals surface area contributed by atoms with Crippen LogP contribution in [0, 0.1) is 0 Å². The van der Waals surface area contributed by atoms with Crippen LogP contribution in [0.25, 0.3) is 0 Å². The average Bonchev–Trinajstić information content (AvgIpc) is 2.31. The van der Waals surface area contributed by atoms with E-state index < -0.39 is 5.97 Å². The Kier molecular flexibility index (Phi) is 4.45. The molecule has 1 aromatic heterocycles. The maximum absolute atomic E-state index is 11.7. The van der Waals surface area contributed by atoms with Crippen LogP contribution in [-0.2, 0) is 0 Å². The van der Waals surface area contributed by atoms with Crippen LogP contribution in [0.1, 0.15) is 24.3 Å². The number of hydrogen-bond donors (Lipinski definition) is 2. The molecule has 0 fully saturated rings. The van der Waals surface area contributed by atoms with Gasteiger partial charge < -0.3 is 15.3 Å². The first kappa shape index (κ1) is 13.0. The van der Waals surface area contributed by atoms with Crippen molar-refractivity contribution in [3.05, 3.63) is 24.0 Å². The molecule has 0 radical (unpaired) electrons. The summed E-state index contributed by atoms with van der Waals surface area (Å²) in [7, 11) is 0. The van der Waals surface area contributed by atoms with Gasteiger partial charge in [-0.15, -0.1) is 0 Å². The molecular weight excluding hydrogens is 222 g/mol. The van der Waals surface area contributed by atoms with Crippen molar-refractivity contribution in [1.29, 1.82) is 0 Å². The minimum atomic E-state index is -1.17. The summed E-state index contributed by atoms with van der Waals surface area (Å²) in [6.07, 6.45) is 1.37. The Bertz CT molecular complexity index is 416. The second-order valence-corrected chi connectivity index (χ2v) is 3.31. The second kappa shape index (κ2) is 5.83. The van der Waals surface area contributed by atoms with Gasteiger partial charge in [-0.05, 0) is 26.0 Å². The van der Waals surface area contributed by atoms with Crippen molar-refractivity contribution < 1.29 is 14.7 Å². The number of carbonyl (C=O) groups excluding carboxylic acids is 1. The first-order valence-electron chi connectivity index (χ1n) is 5.34.